The number of hydrogen-bond donors (Lipinski definition) is 2. The smallest absolute Gasteiger partial charge is 0.236 e. The van der Waals surface area contributed by atoms with Gasteiger partial charge in [-0.05, 0) is 24.7 Å². The van der Waals surface area contributed by atoms with Crippen LogP contribution in [0.25, 0.3) is 0 Å². The third-order valence-corrected chi connectivity index (χ3v) is 3.94. The summed E-state index contributed by atoms with van der Waals surface area (Å²) in [4.78, 5) is 11.8. The molecular weight excluding hydrogens is 212 g/mol. The van der Waals surface area contributed by atoms with Gasteiger partial charge in [0.15, 0.2) is 0 Å². The summed E-state index contributed by atoms with van der Waals surface area (Å²) in [6.07, 6.45) is 9.50. The lowest BCUT2D eigenvalue weighted by atomic mass is 9.82. The number of carbonyl (C=O) groups excluding carboxylic acids is 1. The molecule has 0 radical (unpaired) electrons. The first-order valence-corrected chi connectivity index (χ1v) is 7.11. The minimum atomic E-state index is -0.325. The van der Waals surface area contributed by atoms with Gasteiger partial charge in [-0.3, -0.25) is 4.79 Å². The number of nitrogens with two attached hydrogens (primary N) is 1. The van der Waals surface area contributed by atoms with E-state index >= 15 is 0 Å². The fraction of sp³-hybridized carbons (Fsp3) is 0.929. The van der Waals surface area contributed by atoms with Gasteiger partial charge in [-0.1, -0.05) is 46.0 Å². The molecule has 1 saturated carbocycles. The van der Waals surface area contributed by atoms with E-state index < -0.39 is 0 Å². The highest BCUT2D eigenvalue weighted by atomic mass is 16.2. The average Bonchev–Trinajstić information content (AvgIpc) is 2.52. The SMILES string of the molecule is CCCC(N)C(=O)NCC1(C)CCCCCC1. The van der Waals surface area contributed by atoms with Crippen LogP contribution in [0.4, 0.5) is 0 Å². The molecule has 0 aromatic rings. The quantitative estimate of drug-likeness (QED) is 0.726. The monoisotopic (exact) mass is 240 g/mol. The van der Waals surface area contributed by atoms with E-state index in [0.29, 0.717) is 0 Å². The van der Waals surface area contributed by atoms with Crippen LogP contribution < -0.4 is 11.1 Å². The van der Waals surface area contributed by atoms with Gasteiger partial charge >= 0.3 is 0 Å². The van der Waals surface area contributed by atoms with Crippen molar-refractivity contribution in [1.29, 1.82) is 0 Å². The van der Waals surface area contributed by atoms with Gasteiger partial charge in [-0.2, -0.15) is 0 Å². The zero-order valence-electron chi connectivity index (χ0n) is 11.4. The van der Waals surface area contributed by atoms with Gasteiger partial charge in [0.05, 0.1) is 6.04 Å². The fourth-order valence-electron chi connectivity index (χ4n) is 2.63. The molecule has 1 fully saturated rings. The summed E-state index contributed by atoms with van der Waals surface area (Å²) < 4.78 is 0. The van der Waals surface area contributed by atoms with E-state index in [1.807, 2.05) is 0 Å². The molecular formula is C14H28N2O. The third-order valence-electron chi connectivity index (χ3n) is 3.94. The molecule has 0 aromatic heterocycles. The van der Waals surface area contributed by atoms with Gasteiger partial charge < -0.3 is 11.1 Å². The van der Waals surface area contributed by atoms with Crippen molar-refractivity contribution in [2.45, 2.75) is 71.3 Å². The Bertz CT molecular complexity index is 232. The lowest BCUT2D eigenvalue weighted by Gasteiger charge is -2.28. The number of carbonyl (C=O) groups is 1. The maximum absolute atomic E-state index is 11.8. The van der Waals surface area contributed by atoms with Gasteiger partial charge in [0.1, 0.15) is 0 Å². The Morgan fingerprint density at radius 3 is 2.41 bits per heavy atom. The van der Waals surface area contributed by atoms with E-state index in [0.717, 1.165) is 19.4 Å². The van der Waals surface area contributed by atoms with Crippen LogP contribution in [-0.4, -0.2) is 18.5 Å². The van der Waals surface area contributed by atoms with Crippen LogP contribution >= 0.6 is 0 Å². The molecule has 1 aliphatic rings. The lowest BCUT2D eigenvalue weighted by Crippen LogP contribution is -2.44. The van der Waals surface area contributed by atoms with Gasteiger partial charge in [0.2, 0.25) is 5.91 Å². The second-order valence-electron chi connectivity index (χ2n) is 5.84. The molecule has 1 atom stereocenters. The van der Waals surface area contributed by atoms with E-state index in [4.69, 9.17) is 5.73 Å². The normalized spacial score (nSPS) is 21.6. The Kier molecular flexibility index (Phi) is 5.96. The fourth-order valence-corrected chi connectivity index (χ4v) is 2.63. The summed E-state index contributed by atoms with van der Waals surface area (Å²) in [5.41, 5.74) is 6.10. The molecule has 0 saturated heterocycles. The molecule has 1 amide bonds. The first-order chi connectivity index (χ1) is 8.07. The molecule has 0 aromatic carbocycles. The van der Waals surface area contributed by atoms with Crippen LogP contribution in [0.15, 0.2) is 0 Å². The molecule has 3 N–H and O–H groups in total. The van der Waals surface area contributed by atoms with Crippen LogP contribution in [0.1, 0.15) is 65.2 Å². The van der Waals surface area contributed by atoms with E-state index in [1.165, 1.54) is 38.5 Å². The average molecular weight is 240 g/mol. The summed E-state index contributed by atoms with van der Waals surface area (Å²) in [6, 6.07) is -0.325. The molecule has 1 unspecified atom stereocenters. The van der Waals surface area contributed by atoms with Crippen LogP contribution in [-0.2, 0) is 4.79 Å². The van der Waals surface area contributed by atoms with Crippen molar-refractivity contribution in [3.63, 3.8) is 0 Å². The molecule has 3 heteroatoms. The zero-order valence-corrected chi connectivity index (χ0v) is 11.4. The molecule has 1 rings (SSSR count). The Morgan fingerprint density at radius 2 is 1.88 bits per heavy atom. The van der Waals surface area contributed by atoms with Crippen molar-refractivity contribution in [2.24, 2.45) is 11.1 Å². The highest BCUT2D eigenvalue weighted by Gasteiger charge is 2.26. The molecule has 3 nitrogen and oxygen atoms in total. The zero-order chi connectivity index (χ0) is 12.7. The first kappa shape index (κ1) is 14.5. The Balaban J connectivity index is 2.34. The molecule has 0 aliphatic heterocycles. The van der Waals surface area contributed by atoms with E-state index in [-0.39, 0.29) is 17.4 Å². The molecule has 1 aliphatic carbocycles. The molecule has 0 spiro atoms. The summed E-state index contributed by atoms with van der Waals surface area (Å²) in [6.45, 7) is 5.15. The van der Waals surface area contributed by atoms with Crippen molar-refractivity contribution in [3.05, 3.63) is 0 Å². The van der Waals surface area contributed by atoms with Crippen LogP contribution in [0, 0.1) is 5.41 Å². The standard InChI is InChI=1S/C14H28N2O/c1-3-8-12(15)13(17)16-11-14(2)9-6-4-5-7-10-14/h12H,3-11,15H2,1-2H3,(H,16,17). The maximum Gasteiger partial charge on any atom is 0.236 e. The van der Waals surface area contributed by atoms with Crippen molar-refractivity contribution in [3.8, 4) is 0 Å². The van der Waals surface area contributed by atoms with E-state index in [9.17, 15) is 4.79 Å². The summed E-state index contributed by atoms with van der Waals surface area (Å²) in [7, 11) is 0. The van der Waals surface area contributed by atoms with Gasteiger partial charge in [-0.15, -0.1) is 0 Å². The van der Waals surface area contributed by atoms with Crippen LogP contribution in [0.3, 0.4) is 0 Å². The van der Waals surface area contributed by atoms with Gasteiger partial charge in [0.25, 0.3) is 0 Å². The predicted molar refractivity (Wildman–Crippen MR) is 71.7 cm³/mol. The van der Waals surface area contributed by atoms with Crippen molar-refractivity contribution >= 4 is 5.91 Å². The predicted octanol–water partition coefficient (Wildman–Crippen LogP) is 2.59. The summed E-state index contributed by atoms with van der Waals surface area (Å²) >= 11 is 0. The number of amides is 1. The van der Waals surface area contributed by atoms with E-state index in [1.54, 1.807) is 0 Å². The highest BCUT2D eigenvalue weighted by Crippen LogP contribution is 2.33. The second-order valence-corrected chi connectivity index (χ2v) is 5.84. The summed E-state index contributed by atoms with van der Waals surface area (Å²) in [5, 5.41) is 3.04. The van der Waals surface area contributed by atoms with Crippen molar-refractivity contribution in [2.75, 3.05) is 6.54 Å². The largest absolute Gasteiger partial charge is 0.354 e. The molecule has 0 bridgehead atoms. The molecule has 100 valence electrons. The molecule has 17 heavy (non-hydrogen) atoms. The summed E-state index contributed by atoms with van der Waals surface area (Å²) in [5.74, 6) is 0.0253. The minimum Gasteiger partial charge on any atom is -0.354 e. The van der Waals surface area contributed by atoms with Crippen LogP contribution in [0.2, 0.25) is 0 Å². The topological polar surface area (TPSA) is 55.1 Å². The lowest BCUT2D eigenvalue weighted by molar-refractivity contribution is -0.123. The second kappa shape index (κ2) is 7.00. The van der Waals surface area contributed by atoms with Crippen molar-refractivity contribution in [1.82, 2.24) is 5.32 Å². The van der Waals surface area contributed by atoms with Gasteiger partial charge in [-0.25, -0.2) is 0 Å². The number of hydrogen-bond acceptors (Lipinski definition) is 2. The highest BCUT2D eigenvalue weighted by molar-refractivity contribution is 5.81. The minimum absolute atomic E-state index is 0.0253. The Labute approximate surface area is 106 Å². The number of rotatable bonds is 5. The number of nitrogens with one attached hydrogen (secondary N) is 1. The third kappa shape index (κ3) is 5.07. The van der Waals surface area contributed by atoms with Crippen LogP contribution in [0.5, 0.6) is 0 Å². The van der Waals surface area contributed by atoms with Crippen molar-refractivity contribution < 1.29 is 4.79 Å². The molecule has 0 heterocycles. The Hall–Kier alpha value is -0.570. The maximum atomic E-state index is 11.8. The van der Waals surface area contributed by atoms with E-state index in [2.05, 4.69) is 19.2 Å². The first-order valence-electron chi connectivity index (χ1n) is 7.11. The Morgan fingerprint density at radius 1 is 1.29 bits per heavy atom. The van der Waals surface area contributed by atoms with Gasteiger partial charge in [0, 0.05) is 6.54 Å².